The highest BCUT2D eigenvalue weighted by Crippen LogP contribution is 2.10. The Morgan fingerprint density at radius 3 is 2.73 bits per heavy atom. The Labute approximate surface area is 133 Å². The minimum atomic E-state index is -3.21. The maximum Gasteiger partial charge on any atom is 0.211 e. The number of rotatable bonds is 7. The number of sulfonamides is 1. The van der Waals surface area contributed by atoms with Gasteiger partial charge in [-0.3, -0.25) is 4.90 Å². The van der Waals surface area contributed by atoms with Crippen molar-refractivity contribution in [1.29, 1.82) is 0 Å². The monoisotopic (exact) mass is 326 g/mol. The number of nitrogens with zero attached hydrogens (tertiary/aromatic N) is 1. The largest absolute Gasteiger partial charge is 0.374 e. The molecule has 0 amide bonds. The molecule has 1 fully saturated rings. The molecule has 1 saturated heterocycles. The fraction of sp³-hybridized carbons (Fsp3) is 0.625. The van der Waals surface area contributed by atoms with Crippen molar-refractivity contribution in [2.75, 3.05) is 32.0 Å². The van der Waals surface area contributed by atoms with Gasteiger partial charge in [-0.15, -0.1) is 0 Å². The zero-order chi connectivity index (χ0) is 16.0. The first-order valence-electron chi connectivity index (χ1n) is 7.80. The van der Waals surface area contributed by atoms with Crippen molar-refractivity contribution >= 4 is 10.0 Å². The zero-order valence-electron chi connectivity index (χ0n) is 13.4. The summed E-state index contributed by atoms with van der Waals surface area (Å²) < 4.78 is 32.1. The van der Waals surface area contributed by atoms with Crippen LogP contribution in [0.25, 0.3) is 0 Å². The van der Waals surface area contributed by atoms with Crippen LogP contribution in [0.15, 0.2) is 30.3 Å². The average Bonchev–Trinajstić information content (AvgIpc) is 2.45. The van der Waals surface area contributed by atoms with Crippen molar-refractivity contribution in [2.24, 2.45) is 5.92 Å². The molecule has 1 aromatic rings. The molecule has 1 aliphatic heterocycles. The van der Waals surface area contributed by atoms with E-state index in [1.165, 1.54) is 5.56 Å². The summed E-state index contributed by atoms with van der Waals surface area (Å²) in [5, 5.41) is 0. The molecule has 1 unspecified atom stereocenters. The number of hydrogen-bond acceptors (Lipinski definition) is 4. The van der Waals surface area contributed by atoms with E-state index in [0.29, 0.717) is 13.2 Å². The summed E-state index contributed by atoms with van der Waals surface area (Å²) in [7, 11) is -3.21. The standard InChI is InChI=1S/C16H26N2O3S/c1-14(2)13-22(19,20)17-10-16-12-18(8-9-21-16)11-15-6-4-3-5-7-15/h3-7,14,16-17H,8-13H2,1-2H3. The van der Waals surface area contributed by atoms with E-state index in [-0.39, 0.29) is 17.8 Å². The summed E-state index contributed by atoms with van der Waals surface area (Å²) in [6.07, 6.45) is -0.0839. The summed E-state index contributed by atoms with van der Waals surface area (Å²) in [5.41, 5.74) is 1.27. The molecule has 1 aliphatic rings. The van der Waals surface area contributed by atoms with E-state index in [2.05, 4.69) is 21.8 Å². The van der Waals surface area contributed by atoms with E-state index < -0.39 is 10.0 Å². The highest BCUT2D eigenvalue weighted by Gasteiger charge is 2.22. The second kappa shape index (κ2) is 8.06. The van der Waals surface area contributed by atoms with Crippen LogP contribution in [0.1, 0.15) is 19.4 Å². The SMILES string of the molecule is CC(C)CS(=O)(=O)NCC1CN(Cc2ccccc2)CCO1. The highest BCUT2D eigenvalue weighted by molar-refractivity contribution is 7.89. The van der Waals surface area contributed by atoms with Gasteiger partial charge in [-0.05, 0) is 11.5 Å². The molecule has 0 bridgehead atoms. The Bertz CT molecular complexity index is 546. The first-order valence-corrected chi connectivity index (χ1v) is 9.45. The zero-order valence-corrected chi connectivity index (χ0v) is 14.2. The van der Waals surface area contributed by atoms with Crippen LogP contribution in [0.4, 0.5) is 0 Å². The molecule has 1 N–H and O–H groups in total. The maximum absolute atomic E-state index is 11.9. The molecule has 124 valence electrons. The fourth-order valence-corrected chi connectivity index (χ4v) is 4.04. The third kappa shape index (κ3) is 6.04. The van der Waals surface area contributed by atoms with E-state index in [9.17, 15) is 8.42 Å². The molecule has 1 heterocycles. The summed E-state index contributed by atoms with van der Waals surface area (Å²) in [5.74, 6) is 0.285. The molecule has 0 radical (unpaired) electrons. The lowest BCUT2D eigenvalue weighted by molar-refractivity contribution is -0.0276. The third-order valence-corrected chi connectivity index (χ3v) is 5.27. The van der Waals surface area contributed by atoms with Crippen molar-refractivity contribution in [1.82, 2.24) is 9.62 Å². The summed E-state index contributed by atoms with van der Waals surface area (Å²) in [4.78, 5) is 2.31. The molecular formula is C16H26N2O3S. The molecule has 1 atom stereocenters. The fourth-order valence-electron chi connectivity index (χ4n) is 2.61. The molecule has 2 rings (SSSR count). The van der Waals surface area contributed by atoms with Crippen LogP contribution in [0.3, 0.4) is 0 Å². The van der Waals surface area contributed by atoms with Crippen molar-refractivity contribution in [2.45, 2.75) is 26.5 Å². The van der Waals surface area contributed by atoms with Gasteiger partial charge in [-0.25, -0.2) is 13.1 Å². The number of morpholine rings is 1. The van der Waals surface area contributed by atoms with Crippen LogP contribution in [-0.4, -0.2) is 51.4 Å². The molecule has 22 heavy (non-hydrogen) atoms. The number of hydrogen-bond donors (Lipinski definition) is 1. The quantitative estimate of drug-likeness (QED) is 0.824. The minimum absolute atomic E-state index is 0.0839. The lowest BCUT2D eigenvalue weighted by atomic mass is 10.2. The van der Waals surface area contributed by atoms with E-state index in [4.69, 9.17) is 4.74 Å². The topological polar surface area (TPSA) is 58.6 Å². The highest BCUT2D eigenvalue weighted by atomic mass is 32.2. The summed E-state index contributed by atoms with van der Waals surface area (Å²) in [6, 6.07) is 10.3. The van der Waals surface area contributed by atoms with Crippen molar-refractivity contribution < 1.29 is 13.2 Å². The van der Waals surface area contributed by atoms with E-state index in [1.54, 1.807) is 0 Å². The van der Waals surface area contributed by atoms with Gasteiger partial charge in [0.2, 0.25) is 10.0 Å². The normalized spacial score (nSPS) is 20.4. The van der Waals surface area contributed by atoms with E-state index in [1.807, 2.05) is 32.0 Å². The predicted molar refractivity (Wildman–Crippen MR) is 88.1 cm³/mol. The summed E-state index contributed by atoms with van der Waals surface area (Å²) >= 11 is 0. The van der Waals surface area contributed by atoms with Gasteiger partial charge in [-0.1, -0.05) is 44.2 Å². The molecular weight excluding hydrogens is 300 g/mol. The van der Waals surface area contributed by atoms with Gasteiger partial charge in [0.15, 0.2) is 0 Å². The minimum Gasteiger partial charge on any atom is -0.374 e. The number of benzene rings is 1. The van der Waals surface area contributed by atoms with Gasteiger partial charge in [-0.2, -0.15) is 0 Å². The van der Waals surface area contributed by atoms with Crippen molar-refractivity contribution in [3.8, 4) is 0 Å². The predicted octanol–water partition coefficient (Wildman–Crippen LogP) is 1.46. The maximum atomic E-state index is 11.9. The Morgan fingerprint density at radius 1 is 1.32 bits per heavy atom. The van der Waals surface area contributed by atoms with Gasteiger partial charge in [0, 0.05) is 26.2 Å². The Morgan fingerprint density at radius 2 is 2.05 bits per heavy atom. The second-order valence-electron chi connectivity index (χ2n) is 6.24. The van der Waals surface area contributed by atoms with Crippen LogP contribution >= 0.6 is 0 Å². The van der Waals surface area contributed by atoms with Crippen LogP contribution in [0.5, 0.6) is 0 Å². The number of nitrogens with one attached hydrogen (secondary N) is 1. The van der Waals surface area contributed by atoms with E-state index in [0.717, 1.165) is 19.6 Å². The first kappa shape index (κ1) is 17.4. The Hall–Kier alpha value is -0.950. The van der Waals surface area contributed by atoms with Crippen LogP contribution in [-0.2, 0) is 21.3 Å². The van der Waals surface area contributed by atoms with Crippen molar-refractivity contribution in [3.63, 3.8) is 0 Å². The van der Waals surface area contributed by atoms with Gasteiger partial charge < -0.3 is 4.74 Å². The molecule has 0 saturated carbocycles. The van der Waals surface area contributed by atoms with Crippen molar-refractivity contribution in [3.05, 3.63) is 35.9 Å². The Kier molecular flexibility index (Phi) is 6.37. The average molecular weight is 326 g/mol. The first-order chi connectivity index (χ1) is 10.4. The molecule has 6 heteroatoms. The van der Waals surface area contributed by atoms with E-state index >= 15 is 0 Å². The van der Waals surface area contributed by atoms with Crippen LogP contribution in [0.2, 0.25) is 0 Å². The second-order valence-corrected chi connectivity index (χ2v) is 8.09. The molecule has 0 aliphatic carbocycles. The summed E-state index contributed by atoms with van der Waals surface area (Å²) in [6.45, 7) is 7.29. The molecule has 1 aromatic carbocycles. The van der Waals surface area contributed by atoms with Crippen LogP contribution in [0, 0.1) is 5.92 Å². The van der Waals surface area contributed by atoms with Gasteiger partial charge in [0.05, 0.1) is 18.5 Å². The third-order valence-electron chi connectivity index (χ3n) is 3.56. The van der Waals surface area contributed by atoms with Gasteiger partial charge in [0.25, 0.3) is 0 Å². The van der Waals surface area contributed by atoms with Crippen LogP contribution < -0.4 is 4.72 Å². The van der Waals surface area contributed by atoms with Gasteiger partial charge >= 0.3 is 0 Å². The lowest BCUT2D eigenvalue weighted by Crippen LogP contribution is -2.47. The molecule has 5 nitrogen and oxygen atoms in total. The Balaban J connectivity index is 1.81. The molecule has 0 aromatic heterocycles. The van der Waals surface area contributed by atoms with Gasteiger partial charge in [0.1, 0.15) is 0 Å². The number of ether oxygens (including phenoxy) is 1. The smallest absolute Gasteiger partial charge is 0.211 e. The lowest BCUT2D eigenvalue weighted by Gasteiger charge is -2.33. The molecule has 0 spiro atoms.